The fourth-order valence-corrected chi connectivity index (χ4v) is 3.32. The molecule has 2 aromatic rings. The van der Waals surface area contributed by atoms with Gasteiger partial charge in [-0.25, -0.2) is 4.98 Å². The molecule has 0 saturated carbocycles. The van der Waals surface area contributed by atoms with Crippen LogP contribution in [0.3, 0.4) is 0 Å². The van der Waals surface area contributed by atoms with Crippen molar-refractivity contribution in [1.82, 2.24) is 19.6 Å². The van der Waals surface area contributed by atoms with Gasteiger partial charge in [0.2, 0.25) is 0 Å². The third-order valence-corrected chi connectivity index (χ3v) is 4.39. The van der Waals surface area contributed by atoms with Crippen molar-refractivity contribution in [1.29, 1.82) is 0 Å². The summed E-state index contributed by atoms with van der Waals surface area (Å²) in [6, 6.07) is 4.55. The smallest absolute Gasteiger partial charge is 0.137 e. The molecular weight excluding hydrogens is 284 g/mol. The first-order valence-corrected chi connectivity index (χ1v) is 8.22. The van der Waals surface area contributed by atoms with Crippen LogP contribution in [0.2, 0.25) is 5.02 Å². The molecule has 0 spiro atoms. The van der Waals surface area contributed by atoms with Crippen LogP contribution in [0.5, 0.6) is 0 Å². The summed E-state index contributed by atoms with van der Waals surface area (Å²) in [5.74, 6) is 0. The molecule has 2 aromatic heterocycles. The molecule has 0 amide bonds. The van der Waals surface area contributed by atoms with E-state index in [1.165, 1.54) is 19.3 Å². The van der Waals surface area contributed by atoms with Crippen molar-refractivity contribution in [3.8, 4) is 0 Å². The lowest BCUT2D eigenvalue weighted by atomic mass is 10.0. The molecule has 1 fully saturated rings. The predicted octanol–water partition coefficient (Wildman–Crippen LogP) is 2.95. The first kappa shape index (κ1) is 14.8. The summed E-state index contributed by atoms with van der Waals surface area (Å²) in [6.45, 7) is 6.58. The average Bonchev–Trinajstić information content (AvgIpc) is 2.89. The maximum Gasteiger partial charge on any atom is 0.137 e. The molecule has 0 unspecified atom stereocenters. The van der Waals surface area contributed by atoms with Gasteiger partial charge in [0, 0.05) is 25.0 Å². The van der Waals surface area contributed by atoms with Gasteiger partial charge in [-0.15, -0.1) is 0 Å². The molecule has 114 valence electrons. The molecule has 1 saturated heterocycles. The highest BCUT2D eigenvalue weighted by Crippen LogP contribution is 2.17. The van der Waals surface area contributed by atoms with Crippen molar-refractivity contribution in [2.45, 2.75) is 38.8 Å². The Hall–Kier alpha value is -1.10. The predicted molar refractivity (Wildman–Crippen MR) is 86.8 cm³/mol. The van der Waals surface area contributed by atoms with E-state index in [1.807, 2.05) is 22.7 Å². The Labute approximate surface area is 131 Å². The van der Waals surface area contributed by atoms with Crippen LogP contribution in [0.15, 0.2) is 24.5 Å². The number of nitrogens with one attached hydrogen (secondary N) is 1. The number of pyridine rings is 1. The van der Waals surface area contributed by atoms with Crippen molar-refractivity contribution in [3.63, 3.8) is 0 Å². The van der Waals surface area contributed by atoms with Crippen LogP contribution in [0.4, 0.5) is 0 Å². The zero-order chi connectivity index (χ0) is 14.7. The Morgan fingerprint density at radius 3 is 2.90 bits per heavy atom. The highest BCUT2D eigenvalue weighted by atomic mass is 35.5. The molecule has 1 N–H and O–H groups in total. The number of fused-ring (bicyclic) bond motifs is 1. The fraction of sp³-hybridized carbons (Fsp3) is 0.562. The number of rotatable bonds is 5. The standard InChI is InChI=1S/C16H23ClN4/c1-2-9-20(15-5-7-18-8-6-15)11-14-12-21-10-13(17)3-4-16(21)19-14/h3-4,10,12,15,18H,2,5-9,11H2,1H3. The van der Waals surface area contributed by atoms with Crippen molar-refractivity contribution in [2.75, 3.05) is 19.6 Å². The summed E-state index contributed by atoms with van der Waals surface area (Å²) >= 11 is 6.04. The van der Waals surface area contributed by atoms with E-state index in [2.05, 4.69) is 23.3 Å². The molecule has 1 aliphatic heterocycles. The van der Waals surface area contributed by atoms with Crippen LogP contribution in [-0.4, -0.2) is 40.0 Å². The van der Waals surface area contributed by atoms with Gasteiger partial charge in [0.05, 0.1) is 10.7 Å². The molecule has 5 heteroatoms. The minimum atomic E-state index is 0.680. The summed E-state index contributed by atoms with van der Waals surface area (Å²) in [5, 5.41) is 4.19. The number of nitrogens with zero attached hydrogens (tertiary/aromatic N) is 3. The Morgan fingerprint density at radius 1 is 1.33 bits per heavy atom. The molecule has 0 radical (unpaired) electrons. The van der Waals surface area contributed by atoms with Gasteiger partial charge in [-0.1, -0.05) is 18.5 Å². The Kier molecular flexibility index (Phi) is 4.78. The van der Waals surface area contributed by atoms with E-state index in [-0.39, 0.29) is 0 Å². The average molecular weight is 307 g/mol. The number of hydrogen-bond donors (Lipinski definition) is 1. The first-order valence-electron chi connectivity index (χ1n) is 7.84. The van der Waals surface area contributed by atoms with Crippen molar-refractivity contribution < 1.29 is 0 Å². The highest BCUT2D eigenvalue weighted by Gasteiger charge is 2.21. The topological polar surface area (TPSA) is 32.6 Å². The lowest BCUT2D eigenvalue weighted by Gasteiger charge is -2.34. The van der Waals surface area contributed by atoms with E-state index >= 15 is 0 Å². The molecule has 0 aromatic carbocycles. The number of halogens is 1. The van der Waals surface area contributed by atoms with Crippen LogP contribution in [0.1, 0.15) is 31.9 Å². The molecule has 4 nitrogen and oxygen atoms in total. The third kappa shape index (κ3) is 3.57. The molecule has 0 bridgehead atoms. The van der Waals surface area contributed by atoms with Gasteiger partial charge >= 0.3 is 0 Å². The third-order valence-electron chi connectivity index (χ3n) is 4.17. The van der Waals surface area contributed by atoms with E-state index in [0.717, 1.165) is 42.5 Å². The van der Waals surface area contributed by atoms with E-state index < -0.39 is 0 Å². The minimum Gasteiger partial charge on any atom is -0.317 e. The zero-order valence-corrected chi connectivity index (χ0v) is 13.3. The lowest BCUT2D eigenvalue weighted by molar-refractivity contribution is 0.152. The van der Waals surface area contributed by atoms with Gasteiger partial charge in [0.1, 0.15) is 5.65 Å². The summed E-state index contributed by atoms with van der Waals surface area (Å²) in [4.78, 5) is 7.31. The fourth-order valence-electron chi connectivity index (χ4n) is 3.15. The molecule has 3 heterocycles. The minimum absolute atomic E-state index is 0.680. The Morgan fingerprint density at radius 2 is 2.14 bits per heavy atom. The van der Waals surface area contributed by atoms with Crippen LogP contribution in [-0.2, 0) is 6.54 Å². The van der Waals surface area contributed by atoms with Gasteiger partial charge in [0.25, 0.3) is 0 Å². The van der Waals surface area contributed by atoms with Crippen LogP contribution < -0.4 is 5.32 Å². The summed E-state index contributed by atoms with van der Waals surface area (Å²) in [7, 11) is 0. The Bertz CT molecular complexity index is 589. The quantitative estimate of drug-likeness (QED) is 0.922. The maximum atomic E-state index is 6.04. The summed E-state index contributed by atoms with van der Waals surface area (Å²) < 4.78 is 2.02. The maximum absolute atomic E-state index is 6.04. The molecular formula is C16H23ClN4. The zero-order valence-electron chi connectivity index (χ0n) is 12.6. The van der Waals surface area contributed by atoms with E-state index in [9.17, 15) is 0 Å². The second-order valence-electron chi connectivity index (χ2n) is 5.80. The first-order chi connectivity index (χ1) is 10.3. The molecule has 1 aliphatic rings. The van der Waals surface area contributed by atoms with Crippen LogP contribution in [0.25, 0.3) is 5.65 Å². The van der Waals surface area contributed by atoms with E-state index in [1.54, 1.807) is 0 Å². The normalized spacial score (nSPS) is 16.9. The van der Waals surface area contributed by atoms with Gasteiger partial charge in [-0.2, -0.15) is 0 Å². The second kappa shape index (κ2) is 6.77. The lowest BCUT2D eigenvalue weighted by Crippen LogP contribution is -2.43. The van der Waals surface area contributed by atoms with Crippen LogP contribution >= 0.6 is 11.6 Å². The molecule has 21 heavy (non-hydrogen) atoms. The van der Waals surface area contributed by atoms with E-state index in [0.29, 0.717) is 6.04 Å². The van der Waals surface area contributed by atoms with Gasteiger partial charge < -0.3 is 9.72 Å². The largest absolute Gasteiger partial charge is 0.317 e. The number of hydrogen-bond acceptors (Lipinski definition) is 3. The van der Waals surface area contributed by atoms with Crippen molar-refractivity contribution in [2.24, 2.45) is 0 Å². The Balaban J connectivity index is 1.76. The van der Waals surface area contributed by atoms with Crippen molar-refractivity contribution in [3.05, 3.63) is 35.2 Å². The van der Waals surface area contributed by atoms with Crippen LogP contribution in [0, 0.1) is 0 Å². The number of aromatic nitrogens is 2. The van der Waals surface area contributed by atoms with Gasteiger partial charge in [-0.05, 0) is 51.0 Å². The molecule has 0 aliphatic carbocycles. The summed E-state index contributed by atoms with van der Waals surface area (Å²) in [6.07, 6.45) is 7.68. The van der Waals surface area contributed by atoms with Gasteiger partial charge in [-0.3, -0.25) is 4.90 Å². The molecule has 0 atom stereocenters. The molecule has 3 rings (SSSR count). The van der Waals surface area contributed by atoms with Crippen molar-refractivity contribution >= 4 is 17.2 Å². The monoisotopic (exact) mass is 306 g/mol. The number of imidazole rings is 1. The summed E-state index contributed by atoms with van der Waals surface area (Å²) in [5.41, 5.74) is 2.10. The van der Waals surface area contributed by atoms with E-state index in [4.69, 9.17) is 16.6 Å². The van der Waals surface area contributed by atoms with Gasteiger partial charge in [0.15, 0.2) is 0 Å². The SMILES string of the molecule is CCCN(Cc1cn2cc(Cl)ccc2n1)C1CCNCC1. The number of piperidine rings is 1. The highest BCUT2D eigenvalue weighted by molar-refractivity contribution is 6.30. The second-order valence-corrected chi connectivity index (χ2v) is 6.23.